The van der Waals surface area contributed by atoms with Crippen molar-refractivity contribution in [2.24, 2.45) is 5.73 Å². The quantitative estimate of drug-likeness (QED) is 0.292. The number of benzene rings is 1. The molecule has 10 nitrogen and oxygen atoms in total. The van der Waals surface area contributed by atoms with Crippen LogP contribution >= 0.6 is 0 Å². The topological polar surface area (TPSA) is 151 Å². The minimum absolute atomic E-state index is 0.0511. The number of nitrogens with two attached hydrogens (primary N) is 1. The Morgan fingerprint density at radius 1 is 1.22 bits per heavy atom. The molecule has 1 aromatic carbocycles. The number of alkyl halides is 3. The number of carbonyl (C=O) groups excluding carboxylic acids is 2. The van der Waals surface area contributed by atoms with Crippen molar-refractivity contribution < 1.29 is 51.7 Å². The molecule has 1 aromatic rings. The molecule has 0 saturated heterocycles. The van der Waals surface area contributed by atoms with Crippen molar-refractivity contribution >= 4 is 17.6 Å². The molecule has 152 valence electrons. The van der Waals surface area contributed by atoms with Gasteiger partial charge in [-0.1, -0.05) is 0 Å². The maximum atomic E-state index is 10.7. The van der Waals surface area contributed by atoms with Crippen LogP contribution in [0, 0.1) is 10.1 Å². The highest BCUT2D eigenvalue weighted by atomic mass is 19.4. The van der Waals surface area contributed by atoms with Gasteiger partial charge in [0.05, 0.1) is 11.5 Å². The van der Waals surface area contributed by atoms with Gasteiger partial charge < -0.3 is 20.3 Å². The third-order valence-corrected chi connectivity index (χ3v) is 2.39. The second-order valence-electron chi connectivity index (χ2n) is 4.47. The first-order valence-electron chi connectivity index (χ1n) is 6.82. The SMILES string of the molecule is NCC(=O)OCC(O)COc1ccc([N+](=O)[O-])cc1.O=C(OF)C(F)(F)F. The van der Waals surface area contributed by atoms with E-state index in [4.69, 9.17) is 15.3 Å². The molecule has 0 spiro atoms. The zero-order chi connectivity index (χ0) is 21.0. The number of nitro groups is 1. The van der Waals surface area contributed by atoms with E-state index in [0.29, 0.717) is 5.75 Å². The van der Waals surface area contributed by atoms with Crippen LogP contribution in [0.3, 0.4) is 0 Å². The van der Waals surface area contributed by atoms with Crippen LogP contribution in [-0.2, 0) is 19.3 Å². The summed E-state index contributed by atoms with van der Waals surface area (Å²) in [5.41, 5.74) is 4.97. The third kappa shape index (κ3) is 10.6. The van der Waals surface area contributed by atoms with Crippen molar-refractivity contribution in [2.45, 2.75) is 12.3 Å². The number of ether oxygens (including phenoxy) is 2. The van der Waals surface area contributed by atoms with Crippen molar-refractivity contribution in [1.82, 2.24) is 0 Å². The minimum atomic E-state index is -5.23. The van der Waals surface area contributed by atoms with Gasteiger partial charge >= 0.3 is 18.1 Å². The molecule has 1 atom stereocenters. The Balaban J connectivity index is 0.000000713. The maximum Gasteiger partial charge on any atom is 0.494 e. The monoisotopic (exact) mass is 402 g/mol. The van der Waals surface area contributed by atoms with Crippen LogP contribution in [0.15, 0.2) is 24.3 Å². The van der Waals surface area contributed by atoms with Crippen LogP contribution in [-0.4, -0.2) is 54.0 Å². The Morgan fingerprint density at radius 2 is 1.78 bits per heavy atom. The summed E-state index contributed by atoms with van der Waals surface area (Å²) in [7, 11) is 0. The van der Waals surface area contributed by atoms with Gasteiger partial charge in [0.2, 0.25) is 0 Å². The van der Waals surface area contributed by atoms with E-state index < -0.39 is 29.1 Å². The van der Waals surface area contributed by atoms with Gasteiger partial charge in [0, 0.05) is 16.7 Å². The highest BCUT2D eigenvalue weighted by Gasteiger charge is 2.42. The summed E-state index contributed by atoms with van der Waals surface area (Å²) in [6.07, 6.45) is -6.22. The molecule has 0 aliphatic carbocycles. The van der Waals surface area contributed by atoms with E-state index >= 15 is 0 Å². The summed E-state index contributed by atoms with van der Waals surface area (Å²) in [4.78, 5) is 31.6. The number of nitrogens with zero attached hydrogens (tertiary/aromatic N) is 1. The van der Waals surface area contributed by atoms with Gasteiger partial charge in [0.15, 0.2) is 0 Å². The summed E-state index contributed by atoms with van der Waals surface area (Å²) >= 11 is 0. The number of halogens is 4. The van der Waals surface area contributed by atoms with E-state index in [2.05, 4.69) is 4.74 Å². The van der Waals surface area contributed by atoms with E-state index in [0.717, 1.165) is 0 Å². The fraction of sp³-hybridized carbons (Fsp3) is 0.385. The zero-order valence-electron chi connectivity index (χ0n) is 13.3. The summed E-state index contributed by atoms with van der Waals surface area (Å²) in [5.74, 6) is -3.08. The number of esters is 1. The predicted molar refractivity (Wildman–Crippen MR) is 77.9 cm³/mol. The molecule has 0 radical (unpaired) electrons. The van der Waals surface area contributed by atoms with E-state index in [9.17, 15) is 37.7 Å². The van der Waals surface area contributed by atoms with Gasteiger partial charge in [-0.2, -0.15) is 13.2 Å². The lowest BCUT2D eigenvalue weighted by atomic mass is 10.3. The average Bonchev–Trinajstić information content (AvgIpc) is 2.63. The molecule has 0 bridgehead atoms. The molecular weight excluding hydrogens is 388 g/mol. The molecular formula is C13H14F4N2O8. The molecule has 14 heteroatoms. The molecule has 3 N–H and O–H groups in total. The fourth-order valence-corrected chi connectivity index (χ4v) is 1.20. The number of rotatable bonds is 7. The van der Waals surface area contributed by atoms with Crippen LogP contribution in [0.25, 0.3) is 0 Å². The Kier molecular flexibility index (Phi) is 10.3. The van der Waals surface area contributed by atoms with Crippen LogP contribution < -0.4 is 10.5 Å². The highest BCUT2D eigenvalue weighted by Crippen LogP contribution is 2.17. The molecule has 1 unspecified atom stereocenters. The number of hydrogen-bond acceptors (Lipinski definition) is 9. The number of carbonyl (C=O) groups is 2. The first kappa shape index (κ1) is 24.0. The van der Waals surface area contributed by atoms with E-state index in [1.807, 2.05) is 4.94 Å². The smallest absolute Gasteiger partial charge is 0.491 e. The summed E-state index contributed by atoms with van der Waals surface area (Å²) in [6, 6.07) is 5.40. The molecule has 0 amide bonds. The van der Waals surface area contributed by atoms with Gasteiger partial charge in [-0.3, -0.25) is 14.9 Å². The van der Waals surface area contributed by atoms with Crippen molar-refractivity contribution in [2.75, 3.05) is 19.8 Å². The Hall–Kier alpha value is -3.00. The Labute approximate surface area is 148 Å². The number of non-ortho nitro benzene ring substituents is 1. The van der Waals surface area contributed by atoms with Gasteiger partial charge in [-0.25, -0.2) is 9.74 Å². The molecule has 1 rings (SSSR count). The lowest BCUT2D eigenvalue weighted by Crippen LogP contribution is -2.27. The molecule has 0 fully saturated rings. The van der Waals surface area contributed by atoms with Crippen molar-refractivity contribution in [3.63, 3.8) is 0 Å². The normalized spacial score (nSPS) is 11.5. The number of aliphatic hydroxyl groups excluding tert-OH is 1. The highest BCUT2D eigenvalue weighted by molar-refractivity contribution is 5.74. The van der Waals surface area contributed by atoms with Crippen LogP contribution in [0.2, 0.25) is 0 Å². The number of hydrogen-bond donors (Lipinski definition) is 2. The Bertz CT molecular complexity index is 624. The average molecular weight is 402 g/mol. The second kappa shape index (κ2) is 11.6. The zero-order valence-corrected chi connectivity index (χ0v) is 13.3. The molecule has 27 heavy (non-hydrogen) atoms. The molecule has 0 aliphatic rings. The molecule has 0 heterocycles. The van der Waals surface area contributed by atoms with Gasteiger partial charge in [-0.05, 0) is 12.1 Å². The van der Waals surface area contributed by atoms with Crippen molar-refractivity contribution in [3.8, 4) is 5.75 Å². The fourth-order valence-electron chi connectivity index (χ4n) is 1.20. The standard InChI is InChI=1S/C11H14N2O6.C2F4O2/c12-5-11(15)19-7-9(14)6-18-10-3-1-8(2-4-10)13(16)17;3-2(4,5)1(7)8-6/h1-4,9,14H,5-7,12H2;. The van der Waals surface area contributed by atoms with Crippen LogP contribution in [0.1, 0.15) is 0 Å². The molecule has 0 saturated carbocycles. The lowest BCUT2D eigenvalue weighted by molar-refractivity contribution is -0.384. The van der Waals surface area contributed by atoms with Gasteiger partial charge in [0.1, 0.15) is 25.1 Å². The summed E-state index contributed by atoms with van der Waals surface area (Å²) in [5, 5.41) is 19.9. The van der Waals surface area contributed by atoms with Crippen LogP contribution in [0.5, 0.6) is 5.75 Å². The molecule has 0 aliphatic heterocycles. The second-order valence-corrected chi connectivity index (χ2v) is 4.47. The minimum Gasteiger partial charge on any atom is -0.491 e. The first-order chi connectivity index (χ1) is 12.5. The largest absolute Gasteiger partial charge is 0.494 e. The van der Waals surface area contributed by atoms with E-state index in [-0.39, 0.29) is 25.4 Å². The predicted octanol–water partition coefficient (Wildman–Crippen LogP) is 0.813. The third-order valence-electron chi connectivity index (χ3n) is 2.39. The van der Waals surface area contributed by atoms with Gasteiger partial charge in [-0.15, -0.1) is 0 Å². The maximum absolute atomic E-state index is 10.7. The van der Waals surface area contributed by atoms with Crippen LogP contribution in [0.4, 0.5) is 23.4 Å². The molecule has 0 aromatic heterocycles. The number of nitro benzene ring substituents is 1. The summed E-state index contributed by atoms with van der Waals surface area (Å²) in [6.45, 7) is -0.575. The number of aliphatic hydroxyl groups is 1. The lowest BCUT2D eigenvalue weighted by Gasteiger charge is -2.12. The van der Waals surface area contributed by atoms with Crippen molar-refractivity contribution in [3.05, 3.63) is 34.4 Å². The van der Waals surface area contributed by atoms with Gasteiger partial charge in [0.25, 0.3) is 5.69 Å². The van der Waals surface area contributed by atoms with Crippen molar-refractivity contribution in [1.29, 1.82) is 0 Å². The summed E-state index contributed by atoms with van der Waals surface area (Å²) < 4.78 is 52.3. The first-order valence-corrected chi connectivity index (χ1v) is 6.82. The van der Waals surface area contributed by atoms with E-state index in [1.165, 1.54) is 24.3 Å². The Morgan fingerprint density at radius 3 is 2.15 bits per heavy atom. The van der Waals surface area contributed by atoms with E-state index in [1.54, 1.807) is 0 Å².